The van der Waals surface area contributed by atoms with Gasteiger partial charge in [-0.15, -0.1) is 5.10 Å². The molecular weight excluding hydrogens is 333 g/mol. The number of carbonyl (C=O) groups excluding carboxylic acids is 1. The third-order valence-corrected chi connectivity index (χ3v) is 3.73. The van der Waals surface area contributed by atoms with E-state index in [2.05, 4.69) is 25.8 Å². The Labute approximate surface area is 150 Å². The lowest BCUT2D eigenvalue weighted by molar-refractivity contribution is 0.101. The molecule has 0 amide bonds. The highest BCUT2D eigenvalue weighted by atomic mass is 19.1. The maximum atomic E-state index is 12.9. The number of ketones is 1. The number of rotatable bonds is 7. The third kappa shape index (κ3) is 4.83. The van der Waals surface area contributed by atoms with E-state index in [1.54, 1.807) is 36.4 Å². The fraction of sp³-hybridized carbons (Fsp3) is 0.158. The molecule has 0 aliphatic rings. The van der Waals surface area contributed by atoms with Crippen molar-refractivity contribution >= 4 is 23.2 Å². The minimum Gasteiger partial charge on any atom is -0.353 e. The highest BCUT2D eigenvalue weighted by Gasteiger charge is 2.03. The molecule has 7 heteroatoms. The minimum absolute atomic E-state index is 0.0212. The normalized spacial score (nSPS) is 10.4. The fourth-order valence-electron chi connectivity index (χ4n) is 2.34. The average Bonchev–Trinajstić information content (AvgIpc) is 2.64. The van der Waals surface area contributed by atoms with E-state index < -0.39 is 0 Å². The van der Waals surface area contributed by atoms with Crippen molar-refractivity contribution in [2.75, 3.05) is 17.2 Å². The first-order valence-electron chi connectivity index (χ1n) is 8.16. The maximum absolute atomic E-state index is 12.9. The largest absolute Gasteiger partial charge is 0.353 e. The second kappa shape index (κ2) is 8.15. The summed E-state index contributed by atoms with van der Waals surface area (Å²) in [5, 5.41) is 14.1. The Kier molecular flexibility index (Phi) is 5.48. The lowest BCUT2D eigenvalue weighted by atomic mass is 10.1. The SMILES string of the molecule is CC(=O)c1ccc(Nc2cnnc(NCCc3ccc(F)cc3)n2)cc1. The van der Waals surface area contributed by atoms with Crippen LogP contribution in [0, 0.1) is 5.82 Å². The summed E-state index contributed by atoms with van der Waals surface area (Å²) in [5.41, 5.74) is 2.47. The molecule has 0 aliphatic carbocycles. The monoisotopic (exact) mass is 351 g/mol. The van der Waals surface area contributed by atoms with Gasteiger partial charge in [-0.2, -0.15) is 10.1 Å². The van der Waals surface area contributed by atoms with Gasteiger partial charge in [0.05, 0.1) is 6.20 Å². The van der Waals surface area contributed by atoms with Crippen LogP contribution >= 0.6 is 0 Å². The Hall–Kier alpha value is -3.35. The molecule has 0 spiro atoms. The first-order chi connectivity index (χ1) is 12.6. The molecule has 2 N–H and O–H groups in total. The lowest BCUT2D eigenvalue weighted by Gasteiger charge is -2.08. The van der Waals surface area contributed by atoms with Crippen LogP contribution in [-0.2, 0) is 6.42 Å². The number of anilines is 3. The van der Waals surface area contributed by atoms with Crippen LogP contribution in [0.2, 0.25) is 0 Å². The summed E-state index contributed by atoms with van der Waals surface area (Å²) in [6, 6.07) is 13.5. The number of halogens is 1. The van der Waals surface area contributed by atoms with E-state index in [1.165, 1.54) is 25.3 Å². The van der Waals surface area contributed by atoms with Crippen molar-refractivity contribution in [2.45, 2.75) is 13.3 Å². The van der Waals surface area contributed by atoms with Gasteiger partial charge in [-0.3, -0.25) is 4.79 Å². The first kappa shape index (κ1) is 17.5. The predicted molar refractivity (Wildman–Crippen MR) is 98.1 cm³/mol. The molecule has 0 atom stereocenters. The van der Waals surface area contributed by atoms with Gasteiger partial charge in [0.2, 0.25) is 5.95 Å². The third-order valence-electron chi connectivity index (χ3n) is 3.73. The zero-order valence-corrected chi connectivity index (χ0v) is 14.2. The van der Waals surface area contributed by atoms with Crippen LogP contribution in [0.3, 0.4) is 0 Å². The molecule has 0 fully saturated rings. The van der Waals surface area contributed by atoms with Gasteiger partial charge in [0.25, 0.3) is 0 Å². The van der Waals surface area contributed by atoms with Gasteiger partial charge in [0.15, 0.2) is 11.6 Å². The predicted octanol–water partition coefficient (Wildman–Crippen LogP) is 3.61. The van der Waals surface area contributed by atoms with Crippen LogP contribution in [0.1, 0.15) is 22.8 Å². The minimum atomic E-state index is -0.246. The Morgan fingerprint density at radius 3 is 2.50 bits per heavy atom. The van der Waals surface area contributed by atoms with E-state index in [0.29, 0.717) is 30.3 Å². The van der Waals surface area contributed by atoms with Crippen molar-refractivity contribution in [3.05, 3.63) is 71.7 Å². The van der Waals surface area contributed by atoms with Crippen molar-refractivity contribution < 1.29 is 9.18 Å². The molecule has 26 heavy (non-hydrogen) atoms. The van der Waals surface area contributed by atoms with Gasteiger partial charge in [-0.05, 0) is 55.3 Å². The molecule has 0 bridgehead atoms. The van der Waals surface area contributed by atoms with Gasteiger partial charge in [-0.25, -0.2) is 4.39 Å². The number of carbonyl (C=O) groups is 1. The summed E-state index contributed by atoms with van der Waals surface area (Å²) < 4.78 is 12.9. The van der Waals surface area contributed by atoms with Gasteiger partial charge < -0.3 is 10.6 Å². The van der Waals surface area contributed by atoms with Crippen molar-refractivity contribution in [3.8, 4) is 0 Å². The van der Waals surface area contributed by atoms with Crippen molar-refractivity contribution in [3.63, 3.8) is 0 Å². The van der Waals surface area contributed by atoms with Gasteiger partial charge in [-0.1, -0.05) is 12.1 Å². The van der Waals surface area contributed by atoms with Crippen molar-refractivity contribution in [1.82, 2.24) is 15.2 Å². The Balaban J connectivity index is 1.57. The molecule has 132 valence electrons. The Bertz CT molecular complexity index is 881. The highest BCUT2D eigenvalue weighted by Crippen LogP contribution is 2.15. The van der Waals surface area contributed by atoms with Gasteiger partial charge in [0.1, 0.15) is 5.82 Å². The number of hydrogen-bond acceptors (Lipinski definition) is 6. The summed E-state index contributed by atoms with van der Waals surface area (Å²) in [4.78, 5) is 15.6. The molecule has 0 aliphatic heterocycles. The van der Waals surface area contributed by atoms with Crippen LogP contribution < -0.4 is 10.6 Å². The summed E-state index contributed by atoms with van der Waals surface area (Å²) in [6.07, 6.45) is 2.23. The summed E-state index contributed by atoms with van der Waals surface area (Å²) >= 11 is 0. The number of Topliss-reactive ketones (excluding diaryl/α,β-unsaturated/α-hetero) is 1. The lowest BCUT2D eigenvalue weighted by Crippen LogP contribution is -2.09. The zero-order valence-electron chi connectivity index (χ0n) is 14.2. The van der Waals surface area contributed by atoms with Crippen LogP contribution in [-0.4, -0.2) is 27.5 Å². The molecule has 0 radical (unpaired) electrons. The molecule has 6 nitrogen and oxygen atoms in total. The van der Waals surface area contributed by atoms with E-state index in [0.717, 1.165) is 11.3 Å². The standard InChI is InChI=1S/C19H18FN5O/c1-13(26)15-4-8-17(9-5-15)23-18-12-22-25-19(24-18)21-11-10-14-2-6-16(20)7-3-14/h2-9,12H,10-11H2,1H3,(H2,21,23,24,25). The zero-order chi connectivity index (χ0) is 18.4. The summed E-state index contributed by atoms with van der Waals surface area (Å²) in [7, 11) is 0. The Morgan fingerprint density at radius 2 is 1.81 bits per heavy atom. The Morgan fingerprint density at radius 1 is 1.08 bits per heavy atom. The molecule has 3 aromatic rings. The van der Waals surface area contributed by atoms with E-state index in [-0.39, 0.29) is 11.6 Å². The maximum Gasteiger partial charge on any atom is 0.244 e. The molecule has 0 unspecified atom stereocenters. The number of benzene rings is 2. The molecular formula is C19H18FN5O. The van der Waals surface area contributed by atoms with Crippen molar-refractivity contribution in [1.29, 1.82) is 0 Å². The summed E-state index contributed by atoms with van der Waals surface area (Å²) in [6.45, 7) is 2.13. The van der Waals surface area contributed by atoms with E-state index in [1.807, 2.05) is 0 Å². The topological polar surface area (TPSA) is 79.8 Å². The summed E-state index contributed by atoms with van der Waals surface area (Å²) in [5.74, 6) is 0.717. The van der Waals surface area contributed by atoms with Crippen LogP contribution in [0.25, 0.3) is 0 Å². The van der Waals surface area contributed by atoms with Crippen molar-refractivity contribution in [2.24, 2.45) is 0 Å². The molecule has 0 saturated carbocycles. The van der Waals surface area contributed by atoms with Crippen LogP contribution in [0.15, 0.2) is 54.7 Å². The van der Waals surface area contributed by atoms with E-state index in [4.69, 9.17) is 0 Å². The van der Waals surface area contributed by atoms with E-state index >= 15 is 0 Å². The second-order valence-corrected chi connectivity index (χ2v) is 5.73. The molecule has 1 aromatic heterocycles. The highest BCUT2D eigenvalue weighted by molar-refractivity contribution is 5.94. The molecule has 1 heterocycles. The molecule has 2 aromatic carbocycles. The number of hydrogen-bond donors (Lipinski definition) is 2. The second-order valence-electron chi connectivity index (χ2n) is 5.73. The number of nitrogens with one attached hydrogen (secondary N) is 2. The first-order valence-corrected chi connectivity index (χ1v) is 8.16. The van der Waals surface area contributed by atoms with Crippen LogP contribution in [0.4, 0.5) is 21.8 Å². The van der Waals surface area contributed by atoms with Gasteiger partial charge >= 0.3 is 0 Å². The number of aromatic nitrogens is 3. The fourth-order valence-corrected chi connectivity index (χ4v) is 2.34. The average molecular weight is 351 g/mol. The van der Waals surface area contributed by atoms with Crippen LogP contribution in [0.5, 0.6) is 0 Å². The number of nitrogens with zero attached hydrogens (tertiary/aromatic N) is 3. The van der Waals surface area contributed by atoms with Gasteiger partial charge in [0, 0.05) is 17.8 Å². The quantitative estimate of drug-likeness (QED) is 0.633. The van der Waals surface area contributed by atoms with E-state index in [9.17, 15) is 9.18 Å². The molecule has 3 rings (SSSR count). The molecule has 0 saturated heterocycles. The smallest absolute Gasteiger partial charge is 0.244 e.